The molecule has 0 aliphatic heterocycles. The maximum Gasteiger partial charge on any atom is 0.305 e. The summed E-state index contributed by atoms with van der Waals surface area (Å²) >= 11 is 0. The van der Waals surface area contributed by atoms with Gasteiger partial charge in [0.15, 0.2) is 0 Å². The molecule has 2 N–H and O–H groups in total. The standard InChI is InChI=1S/C12H23NO2/c1-3-10(2)13-12(9-11(14)15)7-5-4-6-8-12/h10,13H,3-9H2,1-2H3,(H,14,15). The smallest absolute Gasteiger partial charge is 0.305 e. The summed E-state index contributed by atoms with van der Waals surface area (Å²) in [6.45, 7) is 4.27. The van der Waals surface area contributed by atoms with Crippen LogP contribution in [0, 0.1) is 0 Å². The van der Waals surface area contributed by atoms with Gasteiger partial charge in [0.2, 0.25) is 0 Å². The van der Waals surface area contributed by atoms with Gasteiger partial charge in [-0.05, 0) is 26.2 Å². The van der Waals surface area contributed by atoms with Crippen molar-refractivity contribution in [3.63, 3.8) is 0 Å². The van der Waals surface area contributed by atoms with E-state index in [9.17, 15) is 4.79 Å². The van der Waals surface area contributed by atoms with Gasteiger partial charge in [0.25, 0.3) is 0 Å². The molecule has 1 fully saturated rings. The molecule has 0 spiro atoms. The first-order valence-corrected chi connectivity index (χ1v) is 6.07. The van der Waals surface area contributed by atoms with Gasteiger partial charge in [0.05, 0.1) is 6.42 Å². The molecule has 0 aromatic carbocycles. The lowest BCUT2D eigenvalue weighted by molar-refractivity contribution is -0.139. The van der Waals surface area contributed by atoms with Crippen molar-refractivity contribution >= 4 is 5.97 Å². The topological polar surface area (TPSA) is 49.3 Å². The zero-order valence-electron chi connectivity index (χ0n) is 9.88. The van der Waals surface area contributed by atoms with E-state index >= 15 is 0 Å². The molecule has 0 bridgehead atoms. The predicted molar refractivity (Wildman–Crippen MR) is 61.0 cm³/mol. The summed E-state index contributed by atoms with van der Waals surface area (Å²) in [4.78, 5) is 10.9. The van der Waals surface area contributed by atoms with E-state index in [4.69, 9.17) is 5.11 Å². The first-order chi connectivity index (χ1) is 7.08. The molecule has 0 aromatic rings. The summed E-state index contributed by atoms with van der Waals surface area (Å²) in [6.07, 6.45) is 6.95. The fourth-order valence-corrected chi connectivity index (χ4v) is 2.51. The monoisotopic (exact) mass is 213 g/mol. The van der Waals surface area contributed by atoms with Gasteiger partial charge in [-0.15, -0.1) is 0 Å². The van der Waals surface area contributed by atoms with Crippen LogP contribution in [0.4, 0.5) is 0 Å². The van der Waals surface area contributed by atoms with Crippen LogP contribution < -0.4 is 5.32 Å². The van der Waals surface area contributed by atoms with Crippen LogP contribution in [0.5, 0.6) is 0 Å². The average Bonchev–Trinajstić information content (AvgIpc) is 2.17. The van der Waals surface area contributed by atoms with Gasteiger partial charge in [-0.2, -0.15) is 0 Å². The van der Waals surface area contributed by atoms with Crippen molar-refractivity contribution in [1.82, 2.24) is 5.32 Å². The van der Waals surface area contributed by atoms with E-state index in [-0.39, 0.29) is 12.0 Å². The van der Waals surface area contributed by atoms with E-state index in [1.807, 2.05) is 0 Å². The summed E-state index contributed by atoms with van der Waals surface area (Å²) in [6, 6.07) is 0.419. The molecule has 1 unspecified atom stereocenters. The highest BCUT2D eigenvalue weighted by Crippen LogP contribution is 2.31. The van der Waals surface area contributed by atoms with Crippen LogP contribution in [-0.2, 0) is 4.79 Å². The van der Waals surface area contributed by atoms with Crippen molar-refractivity contribution in [2.45, 2.75) is 70.4 Å². The zero-order valence-corrected chi connectivity index (χ0v) is 9.88. The largest absolute Gasteiger partial charge is 0.481 e. The Morgan fingerprint density at radius 2 is 2.00 bits per heavy atom. The van der Waals surface area contributed by atoms with Crippen LogP contribution in [0.1, 0.15) is 58.8 Å². The quantitative estimate of drug-likeness (QED) is 0.738. The van der Waals surface area contributed by atoms with Gasteiger partial charge in [0.1, 0.15) is 0 Å². The predicted octanol–water partition coefficient (Wildman–Crippen LogP) is 2.55. The second-order valence-electron chi connectivity index (χ2n) is 4.87. The van der Waals surface area contributed by atoms with E-state index in [1.165, 1.54) is 6.42 Å². The fourth-order valence-electron chi connectivity index (χ4n) is 2.51. The summed E-state index contributed by atoms with van der Waals surface area (Å²) < 4.78 is 0. The van der Waals surface area contributed by atoms with Crippen LogP contribution in [0.25, 0.3) is 0 Å². The first-order valence-electron chi connectivity index (χ1n) is 6.07. The van der Waals surface area contributed by atoms with E-state index in [0.717, 1.165) is 32.1 Å². The number of carboxylic acids is 1. The number of carbonyl (C=O) groups is 1. The van der Waals surface area contributed by atoms with Gasteiger partial charge in [-0.3, -0.25) is 4.79 Å². The van der Waals surface area contributed by atoms with E-state index in [0.29, 0.717) is 6.04 Å². The summed E-state index contributed by atoms with van der Waals surface area (Å²) in [5, 5.41) is 12.5. The van der Waals surface area contributed by atoms with Crippen LogP contribution in [0.3, 0.4) is 0 Å². The minimum Gasteiger partial charge on any atom is -0.481 e. The second kappa shape index (κ2) is 5.50. The Bertz CT molecular complexity index is 210. The Hall–Kier alpha value is -0.570. The van der Waals surface area contributed by atoms with Crippen LogP contribution in [0.15, 0.2) is 0 Å². The molecule has 88 valence electrons. The molecule has 0 aromatic heterocycles. The van der Waals surface area contributed by atoms with E-state index in [2.05, 4.69) is 19.2 Å². The Morgan fingerprint density at radius 3 is 2.47 bits per heavy atom. The highest BCUT2D eigenvalue weighted by atomic mass is 16.4. The average molecular weight is 213 g/mol. The number of carboxylic acid groups (broad SMARTS) is 1. The third-order valence-electron chi connectivity index (χ3n) is 3.47. The number of aliphatic carboxylic acids is 1. The van der Waals surface area contributed by atoms with Crippen molar-refractivity contribution in [2.24, 2.45) is 0 Å². The van der Waals surface area contributed by atoms with Crippen LogP contribution >= 0.6 is 0 Å². The normalized spacial score (nSPS) is 22.3. The number of hydrogen-bond donors (Lipinski definition) is 2. The minimum absolute atomic E-state index is 0.125. The van der Waals surface area contributed by atoms with Gasteiger partial charge in [-0.1, -0.05) is 26.2 Å². The lowest BCUT2D eigenvalue weighted by Gasteiger charge is -2.39. The molecule has 3 nitrogen and oxygen atoms in total. The lowest BCUT2D eigenvalue weighted by atomic mass is 9.78. The highest BCUT2D eigenvalue weighted by molar-refractivity contribution is 5.68. The molecule has 15 heavy (non-hydrogen) atoms. The van der Waals surface area contributed by atoms with Crippen LogP contribution in [0.2, 0.25) is 0 Å². The molecule has 0 amide bonds. The summed E-state index contributed by atoms with van der Waals surface area (Å²) in [5.41, 5.74) is -0.125. The summed E-state index contributed by atoms with van der Waals surface area (Å²) in [7, 11) is 0. The number of rotatable bonds is 5. The number of hydrogen-bond acceptors (Lipinski definition) is 2. The maximum atomic E-state index is 10.9. The molecule has 1 atom stereocenters. The van der Waals surface area contributed by atoms with Crippen molar-refractivity contribution < 1.29 is 9.90 Å². The van der Waals surface area contributed by atoms with Gasteiger partial charge in [0, 0.05) is 11.6 Å². The molecular weight excluding hydrogens is 190 g/mol. The molecule has 1 aliphatic rings. The third-order valence-corrected chi connectivity index (χ3v) is 3.47. The minimum atomic E-state index is -0.673. The molecule has 1 rings (SSSR count). The second-order valence-corrected chi connectivity index (χ2v) is 4.87. The van der Waals surface area contributed by atoms with Crippen molar-refractivity contribution in [1.29, 1.82) is 0 Å². The Labute approximate surface area is 92.3 Å². The van der Waals surface area contributed by atoms with Crippen molar-refractivity contribution in [3.8, 4) is 0 Å². The summed E-state index contributed by atoms with van der Waals surface area (Å²) in [5.74, 6) is -0.673. The lowest BCUT2D eigenvalue weighted by Crippen LogP contribution is -2.51. The van der Waals surface area contributed by atoms with Gasteiger partial charge in [-0.25, -0.2) is 0 Å². The van der Waals surface area contributed by atoms with Gasteiger partial charge < -0.3 is 10.4 Å². The van der Waals surface area contributed by atoms with Crippen molar-refractivity contribution in [3.05, 3.63) is 0 Å². The molecule has 1 aliphatic carbocycles. The zero-order chi connectivity index (χ0) is 11.3. The van der Waals surface area contributed by atoms with E-state index < -0.39 is 5.97 Å². The SMILES string of the molecule is CCC(C)NC1(CC(=O)O)CCCCC1. The van der Waals surface area contributed by atoms with Crippen LogP contribution in [-0.4, -0.2) is 22.7 Å². The van der Waals surface area contributed by atoms with Gasteiger partial charge >= 0.3 is 5.97 Å². The third kappa shape index (κ3) is 3.82. The highest BCUT2D eigenvalue weighted by Gasteiger charge is 2.34. The fraction of sp³-hybridized carbons (Fsp3) is 0.917. The Morgan fingerprint density at radius 1 is 1.40 bits per heavy atom. The molecular formula is C12H23NO2. The maximum absolute atomic E-state index is 10.9. The molecule has 0 heterocycles. The molecule has 1 saturated carbocycles. The van der Waals surface area contributed by atoms with Crippen molar-refractivity contribution in [2.75, 3.05) is 0 Å². The van der Waals surface area contributed by atoms with E-state index in [1.54, 1.807) is 0 Å². The Balaban J connectivity index is 2.61. The Kier molecular flexibility index (Phi) is 4.58. The number of nitrogens with one attached hydrogen (secondary N) is 1. The molecule has 0 radical (unpaired) electrons. The first kappa shape index (κ1) is 12.5. The molecule has 0 saturated heterocycles. The molecule has 3 heteroatoms.